The maximum absolute atomic E-state index is 2.42. The Kier molecular flexibility index (Phi) is 6.49. The van der Waals surface area contributed by atoms with Crippen LogP contribution in [0.5, 0.6) is 0 Å². The molecule has 0 radical (unpaired) electrons. The molecule has 0 saturated heterocycles. The van der Waals surface area contributed by atoms with Crippen LogP contribution in [0.4, 0.5) is 0 Å². The van der Waals surface area contributed by atoms with E-state index in [9.17, 15) is 0 Å². The van der Waals surface area contributed by atoms with Gasteiger partial charge in [-0.3, -0.25) is 0 Å². The maximum Gasteiger partial charge on any atom is 0.0228 e. The molecule has 1 unspecified atom stereocenters. The van der Waals surface area contributed by atoms with E-state index in [2.05, 4.69) is 20.8 Å². The molecular weight excluding hydrogens is 124 g/mol. The first kappa shape index (κ1) is 9.22. The summed E-state index contributed by atoms with van der Waals surface area (Å²) in [5.41, 5.74) is 1.11. The largest absolute Gasteiger partial charge is 0.0657 e. The summed E-state index contributed by atoms with van der Waals surface area (Å²) in [5.74, 6) is 0. The third-order valence-corrected chi connectivity index (χ3v) is 4.34. The Balaban J connectivity index is 2.95. The Bertz CT molecular complexity index is 52.5. The third-order valence-electron chi connectivity index (χ3n) is 1.83. The van der Waals surface area contributed by atoms with Gasteiger partial charge in [0.1, 0.15) is 0 Å². The summed E-state index contributed by atoms with van der Waals surface area (Å²) in [7, 11) is 0.325. The predicted octanol–water partition coefficient (Wildman–Crippen LogP) is 2.59. The third kappa shape index (κ3) is 6.10. The summed E-state index contributed by atoms with van der Waals surface area (Å²) in [6, 6.07) is 1.56. The molecule has 0 saturated carbocycles. The molecule has 0 N–H and O–H groups in total. The van der Waals surface area contributed by atoms with Crippen LogP contribution >= 0.6 is 0 Å². The summed E-state index contributed by atoms with van der Waals surface area (Å²) >= 11 is 0. The first-order valence-electron chi connectivity index (χ1n) is 4.31. The van der Waals surface area contributed by atoms with Gasteiger partial charge in [-0.2, -0.15) is 0 Å². The molecule has 0 aliphatic carbocycles. The highest BCUT2D eigenvalue weighted by Gasteiger charge is 1.98. The fourth-order valence-corrected chi connectivity index (χ4v) is 2.99. The summed E-state index contributed by atoms with van der Waals surface area (Å²) in [6.45, 7) is 7.01. The van der Waals surface area contributed by atoms with Gasteiger partial charge in [0.15, 0.2) is 0 Å². The summed E-state index contributed by atoms with van der Waals surface area (Å²) in [6.07, 6.45) is 4.28. The van der Waals surface area contributed by atoms with Crippen molar-refractivity contribution in [3.05, 3.63) is 0 Å². The van der Waals surface area contributed by atoms with Gasteiger partial charge in [-0.05, 0) is 0 Å². The van der Waals surface area contributed by atoms with E-state index in [1.54, 1.807) is 6.04 Å². The quantitative estimate of drug-likeness (QED) is 0.520. The highest BCUT2D eigenvalue weighted by molar-refractivity contribution is 6.37. The second-order valence-electron chi connectivity index (χ2n) is 3.04. The Morgan fingerprint density at radius 2 is 1.89 bits per heavy atom. The molecule has 9 heavy (non-hydrogen) atoms. The van der Waals surface area contributed by atoms with Crippen LogP contribution < -0.4 is 0 Å². The molecule has 0 aromatic rings. The average Bonchev–Trinajstić information content (AvgIpc) is 1.85. The molecule has 56 valence electrons. The lowest BCUT2D eigenvalue weighted by molar-refractivity contribution is 0.758. The van der Waals surface area contributed by atoms with Crippen molar-refractivity contribution in [3.8, 4) is 0 Å². The van der Waals surface area contributed by atoms with Crippen molar-refractivity contribution in [2.45, 2.75) is 51.6 Å². The average molecular weight is 144 g/mol. The lowest BCUT2D eigenvalue weighted by atomic mass is 10.3. The molecule has 0 amide bonds. The molecule has 1 heteroatoms. The fourth-order valence-electron chi connectivity index (χ4n) is 1.19. The summed E-state index contributed by atoms with van der Waals surface area (Å²) < 4.78 is 0. The van der Waals surface area contributed by atoms with E-state index in [1.165, 1.54) is 19.3 Å². The zero-order valence-electron chi connectivity index (χ0n) is 7.11. The SMILES string of the molecule is CCC[SiH2]C(C)CCC. The Morgan fingerprint density at radius 3 is 2.33 bits per heavy atom. The minimum Gasteiger partial charge on any atom is -0.0657 e. The van der Waals surface area contributed by atoms with Crippen molar-refractivity contribution in [3.63, 3.8) is 0 Å². The number of hydrogen-bond acceptors (Lipinski definition) is 0. The zero-order valence-corrected chi connectivity index (χ0v) is 8.53. The maximum atomic E-state index is 2.42. The van der Waals surface area contributed by atoms with E-state index in [4.69, 9.17) is 0 Å². The normalized spacial score (nSPS) is 15.0. The standard InChI is InChI=1S/C8H20Si/c1-4-6-8(3)9-7-5-2/h8H,4-7,9H2,1-3H3. The molecule has 0 heterocycles. The van der Waals surface area contributed by atoms with Gasteiger partial charge in [0, 0.05) is 9.52 Å². The van der Waals surface area contributed by atoms with Gasteiger partial charge in [0.2, 0.25) is 0 Å². The van der Waals surface area contributed by atoms with Crippen LogP contribution in [0.25, 0.3) is 0 Å². The number of hydrogen-bond donors (Lipinski definition) is 0. The van der Waals surface area contributed by atoms with Crippen LogP contribution in [0.3, 0.4) is 0 Å². The lowest BCUT2D eigenvalue weighted by Gasteiger charge is -2.06. The summed E-state index contributed by atoms with van der Waals surface area (Å²) in [5, 5.41) is 0. The Labute approximate surface area is 61.9 Å². The van der Waals surface area contributed by atoms with Crippen molar-refractivity contribution in [2.75, 3.05) is 0 Å². The molecule has 0 fully saturated rings. The zero-order chi connectivity index (χ0) is 7.11. The highest BCUT2D eigenvalue weighted by atomic mass is 28.2. The molecule has 0 aromatic heterocycles. The van der Waals surface area contributed by atoms with E-state index < -0.39 is 0 Å². The van der Waals surface area contributed by atoms with Crippen LogP contribution in [0.15, 0.2) is 0 Å². The molecule has 1 atom stereocenters. The van der Waals surface area contributed by atoms with E-state index in [1.807, 2.05) is 0 Å². The van der Waals surface area contributed by atoms with Crippen LogP contribution in [-0.2, 0) is 0 Å². The van der Waals surface area contributed by atoms with Gasteiger partial charge < -0.3 is 0 Å². The van der Waals surface area contributed by atoms with Crippen molar-refractivity contribution >= 4 is 9.52 Å². The Hall–Kier alpha value is 0.217. The molecule has 0 spiro atoms. The van der Waals surface area contributed by atoms with Gasteiger partial charge in [0.05, 0.1) is 0 Å². The minimum atomic E-state index is 0.325. The fraction of sp³-hybridized carbons (Fsp3) is 1.00. The summed E-state index contributed by atoms with van der Waals surface area (Å²) in [4.78, 5) is 0. The molecule has 0 nitrogen and oxygen atoms in total. The van der Waals surface area contributed by atoms with Crippen LogP contribution in [0, 0.1) is 0 Å². The molecule has 0 bridgehead atoms. The van der Waals surface area contributed by atoms with E-state index in [0.717, 1.165) is 5.54 Å². The van der Waals surface area contributed by atoms with Crippen molar-refractivity contribution < 1.29 is 0 Å². The van der Waals surface area contributed by atoms with E-state index in [0.29, 0.717) is 9.52 Å². The minimum absolute atomic E-state index is 0.325. The molecule has 0 aliphatic heterocycles. The first-order valence-corrected chi connectivity index (χ1v) is 6.12. The molecule has 0 rings (SSSR count). The second-order valence-corrected chi connectivity index (χ2v) is 5.71. The van der Waals surface area contributed by atoms with Crippen molar-refractivity contribution in [1.29, 1.82) is 0 Å². The van der Waals surface area contributed by atoms with Crippen LogP contribution in [0.1, 0.15) is 40.0 Å². The number of rotatable bonds is 5. The predicted molar refractivity (Wildman–Crippen MR) is 48.0 cm³/mol. The molecule has 0 aliphatic rings. The molecule has 0 aromatic carbocycles. The highest BCUT2D eigenvalue weighted by Crippen LogP contribution is 2.11. The van der Waals surface area contributed by atoms with Crippen molar-refractivity contribution in [1.82, 2.24) is 0 Å². The van der Waals surface area contributed by atoms with E-state index in [-0.39, 0.29) is 0 Å². The second kappa shape index (κ2) is 6.34. The lowest BCUT2D eigenvalue weighted by Crippen LogP contribution is -1.97. The smallest absolute Gasteiger partial charge is 0.0228 e. The van der Waals surface area contributed by atoms with Gasteiger partial charge in [0.25, 0.3) is 0 Å². The van der Waals surface area contributed by atoms with Gasteiger partial charge in [-0.25, -0.2) is 0 Å². The van der Waals surface area contributed by atoms with Gasteiger partial charge in [-0.1, -0.05) is 51.6 Å². The van der Waals surface area contributed by atoms with E-state index >= 15 is 0 Å². The van der Waals surface area contributed by atoms with Crippen LogP contribution in [0.2, 0.25) is 11.6 Å². The topological polar surface area (TPSA) is 0 Å². The molecular formula is C8H20Si. The monoisotopic (exact) mass is 144 g/mol. The Morgan fingerprint density at radius 1 is 1.22 bits per heavy atom. The van der Waals surface area contributed by atoms with Crippen molar-refractivity contribution in [2.24, 2.45) is 0 Å². The first-order chi connectivity index (χ1) is 4.31. The van der Waals surface area contributed by atoms with Gasteiger partial charge in [-0.15, -0.1) is 0 Å². The van der Waals surface area contributed by atoms with Gasteiger partial charge >= 0.3 is 0 Å². The van der Waals surface area contributed by atoms with Crippen LogP contribution in [-0.4, -0.2) is 9.52 Å².